The van der Waals surface area contributed by atoms with E-state index in [2.05, 4.69) is 58.9 Å². The van der Waals surface area contributed by atoms with E-state index in [1.54, 1.807) is 0 Å². The zero-order valence-corrected chi connectivity index (χ0v) is 16.7. The second kappa shape index (κ2) is 6.81. The van der Waals surface area contributed by atoms with Crippen LogP contribution in [0, 0.1) is 0 Å². The van der Waals surface area contributed by atoms with Gasteiger partial charge in [-0.3, -0.25) is 0 Å². The molecule has 0 radical (unpaired) electrons. The van der Waals surface area contributed by atoms with Crippen LogP contribution in [0.25, 0.3) is 0 Å². The highest BCUT2D eigenvalue weighted by atomic mass is 28.4. The van der Waals surface area contributed by atoms with Gasteiger partial charge in [0.05, 0.1) is 0 Å². The highest BCUT2D eigenvalue weighted by Gasteiger charge is 2.27. The van der Waals surface area contributed by atoms with E-state index in [0.29, 0.717) is 0 Å². The van der Waals surface area contributed by atoms with Gasteiger partial charge in [-0.2, -0.15) is 0 Å². The van der Waals surface area contributed by atoms with Gasteiger partial charge in [0.2, 0.25) is 0 Å². The van der Waals surface area contributed by atoms with E-state index >= 15 is 0 Å². The number of hydrogen-bond donors (Lipinski definition) is 0. The molecule has 0 rings (SSSR count). The second-order valence-corrected chi connectivity index (χ2v) is 21.1. The summed E-state index contributed by atoms with van der Waals surface area (Å²) in [7, 11) is -4.56. The van der Waals surface area contributed by atoms with Crippen LogP contribution >= 0.6 is 0 Å². The first-order valence-corrected chi connectivity index (χ1v) is 17.0. The molecule has 0 aromatic heterocycles. The summed E-state index contributed by atoms with van der Waals surface area (Å²) in [6, 6.07) is 0. The van der Waals surface area contributed by atoms with Crippen molar-refractivity contribution in [2.75, 3.05) is 6.61 Å². The molecule has 0 fully saturated rings. The molecule has 0 aromatic rings. The van der Waals surface area contributed by atoms with E-state index in [9.17, 15) is 0 Å². The molecule has 0 saturated heterocycles. The molecule has 0 aromatic carbocycles. The van der Waals surface area contributed by atoms with Crippen molar-refractivity contribution < 1.29 is 13.3 Å². The van der Waals surface area contributed by atoms with Gasteiger partial charge in [0, 0.05) is 13.0 Å². The van der Waals surface area contributed by atoms with Crippen LogP contribution in [-0.4, -0.2) is 37.8 Å². The molecular weight excluding hydrogens is 276 g/mol. The van der Waals surface area contributed by atoms with Crippen LogP contribution in [0.2, 0.25) is 58.9 Å². The lowest BCUT2D eigenvalue weighted by molar-refractivity contribution is -0.0222. The minimum atomic E-state index is -1.56. The summed E-state index contributed by atoms with van der Waals surface area (Å²) in [5, 5.41) is 0. The molecule has 6 heteroatoms. The summed E-state index contributed by atoms with van der Waals surface area (Å²) in [4.78, 5) is 0. The molecule has 0 spiro atoms. The Hall–Kier alpha value is 0.531. The monoisotopic (exact) mass is 308 g/mol. The summed E-state index contributed by atoms with van der Waals surface area (Å²) < 4.78 is 18.1. The van der Waals surface area contributed by atoms with Crippen LogP contribution in [0.5, 0.6) is 0 Å². The maximum atomic E-state index is 6.12. The number of rotatable bonds is 8. The lowest BCUT2D eigenvalue weighted by atomic mass is 10.5. The molecule has 0 aliphatic rings. The first-order chi connectivity index (χ1) is 7.79. The highest BCUT2D eigenvalue weighted by molar-refractivity contribution is 6.71. The smallest absolute Gasteiger partial charge is 0.187 e. The molecule has 0 heterocycles. The van der Waals surface area contributed by atoms with E-state index in [1.807, 2.05) is 0 Å². The molecule has 0 saturated carbocycles. The third-order valence-corrected chi connectivity index (χ3v) is 4.87. The average Bonchev–Trinajstić information content (AvgIpc) is 1.93. The van der Waals surface area contributed by atoms with Crippen LogP contribution in [0.1, 0.15) is 6.42 Å². The Balaban J connectivity index is 4.31. The van der Waals surface area contributed by atoms with Gasteiger partial charge in [-0.05, 0) is 58.9 Å². The quantitative estimate of drug-likeness (QED) is 0.495. The van der Waals surface area contributed by atoms with Crippen LogP contribution in [-0.2, 0) is 13.3 Å². The van der Waals surface area contributed by atoms with Crippen molar-refractivity contribution in [1.29, 1.82) is 0 Å². The van der Waals surface area contributed by atoms with Crippen LogP contribution < -0.4 is 0 Å². The van der Waals surface area contributed by atoms with Crippen LogP contribution in [0.4, 0.5) is 0 Å². The van der Waals surface area contributed by atoms with Crippen LogP contribution in [0.3, 0.4) is 0 Å². The molecule has 0 N–H and O–H groups in total. The highest BCUT2D eigenvalue weighted by Crippen LogP contribution is 2.17. The SMILES string of the molecule is C[Si](C)(C)OCCC(O[Si](C)(C)C)O[Si](C)(C)C. The first-order valence-electron chi connectivity index (χ1n) is 6.78. The normalized spacial score (nSPS) is 14.3. The third kappa shape index (κ3) is 13.0. The Kier molecular flexibility index (Phi) is 7.01. The molecule has 18 heavy (non-hydrogen) atoms. The number of hydrogen-bond acceptors (Lipinski definition) is 3. The summed E-state index contributed by atoms with van der Waals surface area (Å²) in [6.07, 6.45) is 0.762. The molecule has 110 valence electrons. The van der Waals surface area contributed by atoms with Gasteiger partial charge in [-0.25, -0.2) is 0 Å². The van der Waals surface area contributed by atoms with Gasteiger partial charge in [0.1, 0.15) is 6.29 Å². The zero-order chi connectivity index (χ0) is 14.6. The van der Waals surface area contributed by atoms with E-state index < -0.39 is 25.0 Å². The van der Waals surface area contributed by atoms with Crippen molar-refractivity contribution in [1.82, 2.24) is 0 Å². The zero-order valence-electron chi connectivity index (χ0n) is 13.7. The predicted molar refractivity (Wildman–Crippen MR) is 86.6 cm³/mol. The molecule has 0 bridgehead atoms. The van der Waals surface area contributed by atoms with Crippen molar-refractivity contribution in [3.63, 3.8) is 0 Å². The molecule has 0 amide bonds. The van der Waals surface area contributed by atoms with Gasteiger partial charge in [0.15, 0.2) is 25.0 Å². The van der Waals surface area contributed by atoms with Gasteiger partial charge < -0.3 is 13.3 Å². The lowest BCUT2D eigenvalue weighted by Crippen LogP contribution is -2.41. The summed E-state index contributed by atoms with van der Waals surface area (Å²) in [5.74, 6) is 0. The summed E-state index contributed by atoms with van der Waals surface area (Å²) in [5.41, 5.74) is 0. The van der Waals surface area contributed by atoms with Crippen molar-refractivity contribution in [3.8, 4) is 0 Å². The van der Waals surface area contributed by atoms with E-state index in [0.717, 1.165) is 13.0 Å². The Bertz CT molecular complexity index is 222. The fraction of sp³-hybridized carbons (Fsp3) is 1.00. The maximum Gasteiger partial charge on any atom is 0.187 e. The predicted octanol–water partition coefficient (Wildman–Crippen LogP) is 4.26. The Morgan fingerprint density at radius 2 is 1.06 bits per heavy atom. The van der Waals surface area contributed by atoms with Crippen LogP contribution in [0.15, 0.2) is 0 Å². The fourth-order valence-corrected chi connectivity index (χ4v) is 4.13. The summed E-state index contributed by atoms with van der Waals surface area (Å²) in [6.45, 7) is 20.6. The van der Waals surface area contributed by atoms with E-state index in [4.69, 9.17) is 13.3 Å². The molecule has 0 aliphatic heterocycles. The molecule has 0 unspecified atom stereocenters. The van der Waals surface area contributed by atoms with Crippen molar-refractivity contribution in [3.05, 3.63) is 0 Å². The maximum absolute atomic E-state index is 6.12. The first kappa shape index (κ1) is 18.5. The molecule has 3 nitrogen and oxygen atoms in total. The molecule has 0 aliphatic carbocycles. The standard InChI is InChI=1S/C12H32O3Si3/c1-16(2,3)13-11-10-12(14-17(4,5)6)15-18(7,8)9/h12H,10-11H2,1-9H3. The fourth-order valence-electron chi connectivity index (χ4n) is 1.39. The van der Waals surface area contributed by atoms with Crippen molar-refractivity contribution >= 4 is 25.0 Å². The Morgan fingerprint density at radius 1 is 0.667 bits per heavy atom. The van der Waals surface area contributed by atoms with Gasteiger partial charge in [-0.15, -0.1) is 0 Å². The van der Waals surface area contributed by atoms with Gasteiger partial charge in [0.25, 0.3) is 0 Å². The topological polar surface area (TPSA) is 27.7 Å². The second-order valence-electron chi connectivity index (χ2n) is 7.64. The Labute approximate surface area is 117 Å². The van der Waals surface area contributed by atoms with E-state index in [1.165, 1.54) is 0 Å². The lowest BCUT2D eigenvalue weighted by Gasteiger charge is -2.32. The van der Waals surface area contributed by atoms with E-state index in [-0.39, 0.29) is 6.29 Å². The molecular formula is C12H32O3Si3. The minimum absolute atomic E-state index is 0.0836. The largest absolute Gasteiger partial charge is 0.417 e. The Morgan fingerprint density at radius 3 is 1.33 bits per heavy atom. The van der Waals surface area contributed by atoms with Gasteiger partial charge in [-0.1, -0.05) is 0 Å². The minimum Gasteiger partial charge on any atom is -0.417 e. The molecule has 0 atom stereocenters. The van der Waals surface area contributed by atoms with Gasteiger partial charge >= 0.3 is 0 Å². The average molecular weight is 309 g/mol. The third-order valence-electron chi connectivity index (χ3n) is 1.86. The summed E-state index contributed by atoms with van der Waals surface area (Å²) >= 11 is 0. The van der Waals surface area contributed by atoms with Crippen molar-refractivity contribution in [2.45, 2.75) is 71.6 Å². The van der Waals surface area contributed by atoms with Crippen molar-refractivity contribution in [2.24, 2.45) is 0 Å².